The van der Waals surface area contributed by atoms with Crippen LogP contribution in [-0.2, 0) is 17.8 Å². The molecule has 19 heavy (non-hydrogen) atoms. The Bertz CT molecular complexity index is 375. The Morgan fingerprint density at radius 1 is 1.42 bits per heavy atom. The third-order valence-electron chi connectivity index (χ3n) is 3.56. The van der Waals surface area contributed by atoms with Crippen molar-refractivity contribution >= 4 is 0 Å². The number of aromatic nitrogens is 2. The Labute approximate surface area is 116 Å². The molecular weight excluding hydrogens is 238 g/mol. The summed E-state index contributed by atoms with van der Waals surface area (Å²) < 4.78 is 8.03. The van der Waals surface area contributed by atoms with Gasteiger partial charge in [-0.05, 0) is 46.5 Å². The summed E-state index contributed by atoms with van der Waals surface area (Å²) in [5.41, 5.74) is 1.40. The second-order valence-electron chi connectivity index (χ2n) is 6.46. The minimum Gasteiger partial charge on any atom is -0.378 e. The number of nitrogens with one attached hydrogen (secondary N) is 1. The van der Waals surface area contributed by atoms with Gasteiger partial charge in [0.25, 0.3) is 0 Å². The molecular formula is C15H27N3O. The first-order valence-corrected chi connectivity index (χ1v) is 7.40. The van der Waals surface area contributed by atoms with Gasteiger partial charge in [-0.15, -0.1) is 0 Å². The number of aryl methyl sites for hydroxylation is 1. The molecule has 0 spiro atoms. The fourth-order valence-corrected chi connectivity index (χ4v) is 2.37. The Hall–Kier alpha value is -0.870. The average Bonchev–Trinajstić information content (AvgIpc) is 2.82. The lowest BCUT2D eigenvalue weighted by molar-refractivity contribution is 0.00868. The van der Waals surface area contributed by atoms with Crippen LogP contribution >= 0.6 is 0 Å². The highest BCUT2D eigenvalue weighted by atomic mass is 16.5. The zero-order valence-corrected chi connectivity index (χ0v) is 12.5. The second-order valence-corrected chi connectivity index (χ2v) is 6.46. The van der Waals surface area contributed by atoms with Crippen LogP contribution in [-0.4, -0.2) is 27.8 Å². The lowest BCUT2D eigenvalue weighted by Gasteiger charge is -2.24. The number of rotatable bonds is 5. The van der Waals surface area contributed by atoms with E-state index in [9.17, 15) is 0 Å². The van der Waals surface area contributed by atoms with Gasteiger partial charge in [0.15, 0.2) is 0 Å². The standard InChI is InChI=1S/C15H27N3O/c1-15(2,3)17-11-13-10-16-12-18(13)8-7-14-6-4-5-9-19-14/h10,12,14,17H,4-9,11H2,1-3H3. The third-order valence-corrected chi connectivity index (χ3v) is 3.56. The van der Waals surface area contributed by atoms with E-state index in [-0.39, 0.29) is 5.54 Å². The summed E-state index contributed by atoms with van der Waals surface area (Å²) in [5.74, 6) is 0. The highest BCUT2D eigenvalue weighted by molar-refractivity contribution is 4.99. The Morgan fingerprint density at radius 2 is 2.26 bits per heavy atom. The summed E-state index contributed by atoms with van der Waals surface area (Å²) >= 11 is 0. The molecule has 1 aromatic rings. The highest BCUT2D eigenvalue weighted by Crippen LogP contribution is 2.16. The number of ether oxygens (including phenoxy) is 1. The van der Waals surface area contributed by atoms with E-state index in [1.54, 1.807) is 0 Å². The molecule has 1 aromatic heterocycles. The summed E-state index contributed by atoms with van der Waals surface area (Å²) in [7, 11) is 0. The van der Waals surface area contributed by atoms with Gasteiger partial charge in [0, 0.05) is 31.4 Å². The maximum atomic E-state index is 5.78. The van der Waals surface area contributed by atoms with Gasteiger partial charge in [-0.25, -0.2) is 4.98 Å². The van der Waals surface area contributed by atoms with E-state index in [4.69, 9.17) is 4.74 Å². The van der Waals surface area contributed by atoms with Crippen molar-refractivity contribution in [3.63, 3.8) is 0 Å². The first-order valence-electron chi connectivity index (χ1n) is 7.40. The van der Waals surface area contributed by atoms with Crippen LogP contribution < -0.4 is 5.32 Å². The van der Waals surface area contributed by atoms with Crippen LogP contribution in [0.5, 0.6) is 0 Å². The van der Waals surface area contributed by atoms with Gasteiger partial charge in [-0.1, -0.05) is 0 Å². The van der Waals surface area contributed by atoms with Crippen molar-refractivity contribution < 1.29 is 4.74 Å². The Kier molecular flexibility index (Phi) is 4.99. The van der Waals surface area contributed by atoms with Gasteiger partial charge in [0.05, 0.1) is 18.1 Å². The van der Waals surface area contributed by atoms with Gasteiger partial charge in [0.1, 0.15) is 0 Å². The van der Waals surface area contributed by atoms with E-state index in [1.807, 2.05) is 12.5 Å². The summed E-state index contributed by atoms with van der Waals surface area (Å²) in [4.78, 5) is 4.27. The fraction of sp³-hybridized carbons (Fsp3) is 0.800. The molecule has 1 aliphatic heterocycles. The van der Waals surface area contributed by atoms with Gasteiger partial charge >= 0.3 is 0 Å². The molecule has 1 aliphatic rings. The Morgan fingerprint density at radius 3 is 2.95 bits per heavy atom. The van der Waals surface area contributed by atoms with Crippen LogP contribution in [0.15, 0.2) is 12.5 Å². The zero-order chi connectivity index (χ0) is 13.7. The molecule has 0 saturated carbocycles. The summed E-state index contributed by atoms with van der Waals surface area (Å²) in [6.07, 6.45) is 9.18. The topological polar surface area (TPSA) is 39.1 Å². The van der Waals surface area contributed by atoms with E-state index in [0.717, 1.165) is 26.1 Å². The van der Waals surface area contributed by atoms with Crippen molar-refractivity contribution in [1.29, 1.82) is 0 Å². The smallest absolute Gasteiger partial charge is 0.0948 e. The summed E-state index contributed by atoms with van der Waals surface area (Å²) in [6, 6.07) is 0. The van der Waals surface area contributed by atoms with Gasteiger partial charge in [-0.2, -0.15) is 0 Å². The lowest BCUT2D eigenvalue weighted by atomic mass is 10.1. The predicted molar refractivity (Wildman–Crippen MR) is 77.0 cm³/mol. The largest absolute Gasteiger partial charge is 0.378 e. The molecule has 0 amide bonds. The van der Waals surface area contributed by atoms with E-state index in [1.165, 1.54) is 25.0 Å². The number of hydrogen-bond acceptors (Lipinski definition) is 3. The van der Waals surface area contributed by atoms with Crippen molar-refractivity contribution in [1.82, 2.24) is 14.9 Å². The molecule has 4 heteroatoms. The maximum Gasteiger partial charge on any atom is 0.0948 e. The van der Waals surface area contributed by atoms with Crippen molar-refractivity contribution in [2.75, 3.05) is 6.61 Å². The average molecular weight is 265 g/mol. The van der Waals surface area contributed by atoms with Gasteiger partial charge in [0.2, 0.25) is 0 Å². The van der Waals surface area contributed by atoms with Crippen molar-refractivity contribution in [3.8, 4) is 0 Å². The fourth-order valence-electron chi connectivity index (χ4n) is 2.37. The molecule has 2 heterocycles. The minimum absolute atomic E-state index is 0.140. The van der Waals surface area contributed by atoms with Crippen LogP contribution in [0.25, 0.3) is 0 Å². The van der Waals surface area contributed by atoms with Gasteiger partial charge in [-0.3, -0.25) is 0 Å². The van der Waals surface area contributed by atoms with E-state index < -0.39 is 0 Å². The van der Waals surface area contributed by atoms with Crippen LogP contribution in [0, 0.1) is 0 Å². The van der Waals surface area contributed by atoms with Crippen LogP contribution in [0.4, 0.5) is 0 Å². The molecule has 1 N–H and O–H groups in total. The molecule has 0 aromatic carbocycles. The third kappa shape index (κ3) is 4.96. The molecule has 4 nitrogen and oxygen atoms in total. The van der Waals surface area contributed by atoms with Crippen LogP contribution in [0.3, 0.4) is 0 Å². The maximum absolute atomic E-state index is 5.78. The highest BCUT2D eigenvalue weighted by Gasteiger charge is 2.15. The monoisotopic (exact) mass is 265 g/mol. The van der Waals surface area contributed by atoms with Crippen molar-refractivity contribution in [3.05, 3.63) is 18.2 Å². The first-order chi connectivity index (χ1) is 9.04. The predicted octanol–water partition coefficient (Wildman–Crippen LogP) is 2.73. The molecule has 1 atom stereocenters. The molecule has 2 rings (SSSR count). The summed E-state index contributed by atoms with van der Waals surface area (Å²) in [5, 5.41) is 3.51. The molecule has 0 bridgehead atoms. The zero-order valence-electron chi connectivity index (χ0n) is 12.5. The number of hydrogen-bond donors (Lipinski definition) is 1. The van der Waals surface area contributed by atoms with Crippen LogP contribution in [0.2, 0.25) is 0 Å². The molecule has 0 aliphatic carbocycles. The number of imidazole rings is 1. The normalized spacial score (nSPS) is 20.7. The molecule has 108 valence electrons. The Balaban J connectivity index is 1.81. The van der Waals surface area contributed by atoms with E-state index in [0.29, 0.717) is 6.10 Å². The second kappa shape index (κ2) is 6.53. The molecule has 1 saturated heterocycles. The molecule has 0 radical (unpaired) electrons. The van der Waals surface area contributed by atoms with Crippen LogP contribution in [0.1, 0.15) is 52.1 Å². The van der Waals surface area contributed by atoms with Crippen molar-refractivity contribution in [2.24, 2.45) is 0 Å². The molecule has 1 fully saturated rings. The lowest BCUT2D eigenvalue weighted by Crippen LogP contribution is -2.35. The SMILES string of the molecule is CC(C)(C)NCc1cncn1CCC1CCCCO1. The van der Waals surface area contributed by atoms with E-state index in [2.05, 4.69) is 35.6 Å². The van der Waals surface area contributed by atoms with Crippen molar-refractivity contribution in [2.45, 2.75) is 71.2 Å². The quantitative estimate of drug-likeness (QED) is 0.889. The molecule has 1 unspecified atom stereocenters. The van der Waals surface area contributed by atoms with E-state index >= 15 is 0 Å². The summed E-state index contributed by atoms with van der Waals surface area (Å²) in [6.45, 7) is 9.37. The van der Waals surface area contributed by atoms with Gasteiger partial charge < -0.3 is 14.6 Å². The number of nitrogens with zero attached hydrogens (tertiary/aromatic N) is 2. The first kappa shape index (κ1) is 14.5. The minimum atomic E-state index is 0.140.